The molecule has 0 saturated carbocycles. The lowest BCUT2D eigenvalue weighted by molar-refractivity contribution is 0.0939. The van der Waals surface area contributed by atoms with Crippen molar-refractivity contribution in [1.82, 2.24) is 5.32 Å². The third kappa shape index (κ3) is 5.08. The molecule has 0 fully saturated rings. The second-order valence-electron chi connectivity index (χ2n) is 6.57. The van der Waals surface area contributed by atoms with Gasteiger partial charge < -0.3 is 19.5 Å². The molecular weight excluding hydrogens is 366 g/mol. The van der Waals surface area contributed by atoms with Gasteiger partial charge in [-0.25, -0.2) is 0 Å². The second-order valence-corrected chi connectivity index (χ2v) is 6.57. The van der Waals surface area contributed by atoms with Gasteiger partial charge >= 0.3 is 0 Å². The Morgan fingerprint density at radius 3 is 2.21 bits per heavy atom. The van der Waals surface area contributed by atoms with E-state index in [4.69, 9.17) is 14.2 Å². The largest absolute Gasteiger partial charge is 0.496 e. The summed E-state index contributed by atoms with van der Waals surface area (Å²) >= 11 is 0. The highest BCUT2D eigenvalue weighted by atomic mass is 16.5. The molecule has 0 aliphatic heterocycles. The molecule has 29 heavy (non-hydrogen) atoms. The van der Waals surface area contributed by atoms with Gasteiger partial charge in [-0.05, 0) is 42.8 Å². The number of ether oxygens (including phenoxy) is 3. The molecule has 0 bridgehead atoms. The van der Waals surface area contributed by atoms with Gasteiger partial charge in [0.2, 0.25) is 0 Å². The van der Waals surface area contributed by atoms with E-state index in [1.165, 1.54) is 0 Å². The molecule has 5 nitrogen and oxygen atoms in total. The average Bonchev–Trinajstić information content (AvgIpc) is 2.78. The third-order valence-corrected chi connectivity index (χ3v) is 4.64. The maximum atomic E-state index is 12.7. The third-order valence-electron chi connectivity index (χ3n) is 4.64. The minimum Gasteiger partial charge on any atom is -0.496 e. The Morgan fingerprint density at radius 1 is 0.862 bits per heavy atom. The summed E-state index contributed by atoms with van der Waals surface area (Å²) in [5, 5.41) is 3.03. The zero-order valence-corrected chi connectivity index (χ0v) is 16.8. The molecule has 0 saturated heterocycles. The molecule has 0 aromatic heterocycles. The molecule has 3 aromatic rings. The van der Waals surface area contributed by atoms with E-state index >= 15 is 0 Å². The van der Waals surface area contributed by atoms with Crippen molar-refractivity contribution in [1.29, 1.82) is 0 Å². The van der Waals surface area contributed by atoms with E-state index in [2.05, 4.69) is 5.32 Å². The van der Waals surface area contributed by atoms with E-state index in [-0.39, 0.29) is 18.6 Å². The Morgan fingerprint density at radius 2 is 1.52 bits per heavy atom. The van der Waals surface area contributed by atoms with Crippen molar-refractivity contribution in [3.05, 3.63) is 89.5 Å². The smallest absolute Gasteiger partial charge is 0.251 e. The van der Waals surface area contributed by atoms with Crippen LogP contribution >= 0.6 is 0 Å². The minimum atomic E-state index is -0.150. The summed E-state index contributed by atoms with van der Waals surface area (Å²) in [6, 6.07) is 22.5. The van der Waals surface area contributed by atoms with Gasteiger partial charge in [0.15, 0.2) is 11.5 Å². The van der Waals surface area contributed by atoms with Crippen LogP contribution in [0.4, 0.5) is 0 Å². The van der Waals surface area contributed by atoms with Crippen LogP contribution in [-0.2, 0) is 6.61 Å². The van der Waals surface area contributed by atoms with Crippen LogP contribution in [0.2, 0.25) is 0 Å². The number of rotatable bonds is 8. The summed E-state index contributed by atoms with van der Waals surface area (Å²) in [7, 11) is 3.20. The fourth-order valence-corrected chi connectivity index (χ4v) is 3.03. The van der Waals surface area contributed by atoms with Gasteiger partial charge in [-0.15, -0.1) is 0 Å². The van der Waals surface area contributed by atoms with Gasteiger partial charge in [-0.2, -0.15) is 0 Å². The monoisotopic (exact) mass is 391 g/mol. The van der Waals surface area contributed by atoms with Crippen LogP contribution in [0.1, 0.15) is 34.5 Å². The number of hydrogen-bond acceptors (Lipinski definition) is 4. The molecule has 1 amide bonds. The van der Waals surface area contributed by atoms with E-state index in [0.29, 0.717) is 22.8 Å². The Hall–Kier alpha value is -3.47. The lowest BCUT2D eigenvalue weighted by Crippen LogP contribution is -2.26. The summed E-state index contributed by atoms with van der Waals surface area (Å²) in [4.78, 5) is 12.7. The average molecular weight is 391 g/mol. The molecule has 150 valence electrons. The maximum Gasteiger partial charge on any atom is 0.251 e. The number of carbonyl (C=O) groups excluding carboxylic acids is 1. The summed E-state index contributed by atoms with van der Waals surface area (Å²) in [5.74, 6) is 1.79. The standard InChI is InChI=1S/C24H25NO4/c1-17(18-9-5-4-6-10-18)25-24(26)19-13-14-21(27-2)20(15-19)16-29-23-12-8-7-11-22(23)28-3/h4-15,17H,16H2,1-3H3,(H,25,26)/t17-/m1/s1. The Balaban J connectivity index is 1.75. The first-order valence-electron chi connectivity index (χ1n) is 9.41. The number of methoxy groups -OCH3 is 2. The number of hydrogen-bond donors (Lipinski definition) is 1. The van der Waals surface area contributed by atoms with E-state index in [1.54, 1.807) is 32.4 Å². The predicted molar refractivity (Wildman–Crippen MR) is 113 cm³/mol. The van der Waals surface area contributed by atoms with Crippen molar-refractivity contribution in [2.24, 2.45) is 0 Å². The summed E-state index contributed by atoms with van der Waals surface area (Å²) < 4.78 is 16.7. The molecule has 0 heterocycles. The molecule has 3 aromatic carbocycles. The van der Waals surface area contributed by atoms with Gasteiger partial charge in [-0.3, -0.25) is 4.79 Å². The van der Waals surface area contributed by atoms with Gasteiger partial charge in [0.1, 0.15) is 12.4 Å². The molecular formula is C24H25NO4. The van der Waals surface area contributed by atoms with Crippen LogP contribution in [0, 0.1) is 0 Å². The molecule has 0 radical (unpaired) electrons. The van der Waals surface area contributed by atoms with Crippen LogP contribution in [0.15, 0.2) is 72.8 Å². The molecule has 1 atom stereocenters. The zero-order valence-electron chi connectivity index (χ0n) is 16.8. The molecule has 1 N–H and O–H groups in total. The molecule has 5 heteroatoms. The lowest BCUT2D eigenvalue weighted by atomic mass is 10.1. The zero-order chi connectivity index (χ0) is 20.6. The van der Waals surface area contributed by atoms with E-state index < -0.39 is 0 Å². The van der Waals surface area contributed by atoms with Crippen molar-refractivity contribution in [3.8, 4) is 17.2 Å². The highest BCUT2D eigenvalue weighted by Gasteiger charge is 2.14. The van der Waals surface area contributed by atoms with Crippen LogP contribution in [0.25, 0.3) is 0 Å². The Labute approximate surface area is 171 Å². The van der Waals surface area contributed by atoms with Crippen molar-refractivity contribution in [3.63, 3.8) is 0 Å². The summed E-state index contributed by atoms with van der Waals surface area (Å²) in [6.45, 7) is 2.21. The number of carbonyl (C=O) groups is 1. The number of benzene rings is 3. The molecule has 0 aliphatic carbocycles. The first-order valence-corrected chi connectivity index (χ1v) is 9.41. The molecule has 3 rings (SSSR count). The van der Waals surface area contributed by atoms with Gasteiger partial charge in [0, 0.05) is 11.1 Å². The summed E-state index contributed by atoms with van der Waals surface area (Å²) in [6.07, 6.45) is 0. The number of nitrogens with one attached hydrogen (secondary N) is 1. The highest BCUT2D eigenvalue weighted by molar-refractivity contribution is 5.94. The van der Waals surface area contributed by atoms with Crippen molar-refractivity contribution in [2.45, 2.75) is 19.6 Å². The fourth-order valence-electron chi connectivity index (χ4n) is 3.03. The Bertz CT molecular complexity index is 956. The SMILES string of the molecule is COc1ccc(C(=O)N[C@H](C)c2ccccc2)cc1COc1ccccc1OC. The Kier molecular flexibility index (Phi) is 6.74. The first-order chi connectivity index (χ1) is 14.1. The topological polar surface area (TPSA) is 56.8 Å². The van der Waals surface area contributed by atoms with E-state index in [9.17, 15) is 4.79 Å². The van der Waals surface area contributed by atoms with Crippen molar-refractivity contribution >= 4 is 5.91 Å². The van der Waals surface area contributed by atoms with E-state index in [1.807, 2.05) is 61.5 Å². The van der Waals surface area contributed by atoms with Crippen molar-refractivity contribution in [2.75, 3.05) is 14.2 Å². The minimum absolute atomic E-state index is 0.0981. The quantitative estimate of drug-likeness (QED) is 0.601. The predicted octanol–water partition coefficient (Wildman–Crippen LogP) is 4.77. The van der Waals surface area contributed by atoms with Crippen LogP contribution < -0.4 is 19.5 Å². The highest BCUT2D eigenvalue weighted by Crippen LogP contribution is 2.28. The number of amides is 1. The first kappa shape index (κ1) is 20.3. The van der Waals surface area contributed by atoms with E-state index in [0.717, 1.165) is 11.1 Å². The van der Waals surface area contributed by atoms with Crippen LogP contribution in [0.3, 0.4) is 0 Å². The molecule has 0 unspecified atom stereocenters. The van der Waals surface area contributed by atoms with Gasteiger partial charge in [-0.1, -0.05) is 42.5 Å². The molecule has 0 spiro atoms. The van der Waals surface area contributed by atoms with Crippen molar-refractivity contribution < 1.29 is 19.0 Å². The summed E-state index contributed by atoms with van der Waals surface area (Å²) in [5.41, 5.74) is 2.37. The maximum absolute atomic E-state index is 12.7. The molecule has 0 aliphatic rings. The number of para-hydroxylation sites is 2. The lowest BCUT2D eigenvalue weighted by Gasteiger charge is -2.16. The van der Waals surface area contributed by atoms with Crippen LogP contribution in [-0.4, -0.2) is 20.1 Å². The fraction of sp³-hybridized carbons (Fsp3) is 0.208. The van der Waals surface area contributed by atoms with Gasteiger partial charge in [0.05, 0.1) is 20.3 Å². The normalized spacial score (nSPS) is 11.4. The van der Waals surface area contributed by atoms with Crippen LogP contribution in [0.5, 0.6) is 17.2 Å². The van der Waals surface area contributed by atoms with Gasteiger partial charge in [0.25, 0.3) is 5.91 Å². The second kappa shape index (κ2) is 9.64.